The van der Waals surface area contributed by atoms with E-state index in [1.54, 1.807) is 19.1 Å². The summed E-state index contributed by atoms with van der Waals surface area (Å²) in [6.45, 7) is 5.32. The van der Waals surface area contributed by atoms with Gasteiger partial charge in [0.1, 0.15) is 6.54 Å². The second kappa shape index (κ2) is 6.40. The summed E-state index contributed by atoms with van der Waals surface area (Å²) in [6, 6.07) is 5.18. The normalized spacial score (nSPS) is 11.0. The van der Waals surface area contributed by atoms with Crippen LogP contribution in [-0.4, -0.2) is 36.5 Å². The van der Waals surface area contributed by atoms with Gasteiger partial charge in [-0.2, -0.15) is 0 Å². The van der Waals surface area contributed by atoms with Crippen molar-refractivity contribution < 1.29 is 18.7 Å². The number of amides is 1. The maximum Gasteiger partial charge on any atom is 0.325 e. The Morgan fingerprint density at radius 2 is 2.05 bits per heavy atom. The zero-order chi connectivity index (χ0) is 16.4. The summed E-state index contributed by atoms with van der Waals surface area (Å²) < 4.78 is 10.3. The summed E-state index contributed by atoms with van der Waals surface area (Å²) in [4.78, 5) is 25.6. The van der Waals surface area contributed by atoms with Gasteiger partial charge in [0.15, 0.2) is 11.3 Å². The highest BCUT2D eigenvalue weighted by molar-refractivity contribution is 6.35. The summed E-state index contributed by atoms with van der Waals surface area (Å²) >= 11 is 6.10. The number of carbonyl (C=O) groups excluding carboxylic acids is 2. The van der Waals surface area contributed by atoms with Gasteiger partial charge in [-0.25, -0.2) is 0 Å². The van der Waals surface area contributed by atoms with Gasteiger partial charge in [-0.15, -0.1) is 0 Å². The average Bonchev–Trinajstić information content (AvgIpc) is 2.82. The first-order valence-corrected chi connectivity index (χ1v) is 7.30. The quantitative estimate of drug-likeness (QED) is 0.809. The molecule has 0 radical (unpaired) electrons. The lowest BCUT2D eigenvalue weighted by molar-refractivity contribution is -0.141. The molecule has 0 saturated carbocycles. The van der Waals surface area contributed by atoms with E-state index in [4.69, 9.17) is 16.0 Å². The minimum atomic E-state index is -0.478. The predicted molar refractivity (Wildman–Crippen MR) is 84.1 cm³/mol. The fourth-order valence-electron chi connectivity index (χ4n) is 2.24. The Balaban J connectivity index is 2.45. The zero-order valence-corrected chi connectivity index (χ0v) is 13.7. The van der Waals surface area contributed by atoms with Crippen LogP contribution in [0.1, 0.15) is 30.0 Å². The first-order chi connectivity index (χ1) is 10.4. The van der Waals surface area contributed by atoms with Crippen molar-refractivity contribution in [2.45, 2.75) is 26.8 Å². The molecule has 1 amide bonds. The smallest absolute Gasteiger partial charge is 0.325 e. The number of carbonyl (C=O) groups is 2. The van der Waals surface area contributed by atoms with Gasteiger partial charge in [-0.1, -0.05) is 23.7 Å². The number of benzene rings is 1. The first-order valence-electron chi connectivity index (χ1n) is 6.92. The molecule has 1 aromatic heterocycles. The van der Waals surface area contributed by atoms with Crippen molar-refractivity contribution in [1.29, 1.82) is 0 Å². The summed E-state index contributed by atoms with van der Waals surface area (Å²) in [5.74, 6) is -0.639. The lowest BCUT2D eigenvalue weighted by atomic mass is 10.1. The number of rotatable bonds is 4. The molecule has 2 rings (SSSR count). The van der Waals surface area contributed by atoms with E-state index in [2.05, 4.69) is 4.74 Å². The second-order valence-electron chi connectivity index (χ2n) is 5.28. The molecule has 0 atom stereocenters. The van der Waals surface area contributed by atoms with Gasteiger partial charge < -0.3 is 14.1 Å². The van der Waals surface area contributed by atoms with Crippen molar-refractivity contribution in [1.82, 2.24) is 4.90 Å². The monoisotopic (exact) mass is 323 g/mol. The number of aryl methyl sites for hydroxylation is 1. The third-order valence-electron chi connectivity index (χ3n) is 3.52. The molecule has 118 valence electrons. The number of fused-ring (bicyclic) bond motifs is 1. The summed E-state index contributed by atoms with van der Waals surface area (Å²) in [6.07, 6.45) is 0. The third kappa shape index (κ3) is 2.95. The number of hydrogen-bond donors (Lipinski definition) is 0. The second-order valence-corrected chi connectivity index (χ2v) is 5.68. The van der Waals surface area contributed by atoms with Crippen molar-refractivity contribution in [2.75, 3.05) is 13.7 Å². The highest BCUT2D eigenvalue weighted by Crippen LogP contribution is 2.31. The van der Waals surface area contributed by atoms with Gasteiger partial charge in [0.25, 0.3) is 5.91 Å². The number of halogens is 1. The number of furan rings is 1. The van der Waals surface area contributed by atoms with Crippen molar-refractivity contribution in [3.8, 4) is 0 Å². The molecule has 5 nitrogen and oxygen atoms in total. The van der Waals surface area contributed by atoms with Crippen molar-refractivity contribution in [3.05, 3.63) is 34.5 Å². The Morgan fingerprint density at radius 3 is 2.59 bits per heavy atom. The lowest BCUT2D eigenvalue weighted by Gasteiger charge is -2.24. The molecule has 22 heavy (non-hydrogen) atoms. The number of hydrogen-bond acceptors (Lipinski definition) is 4. The largest absolute Gasteiger partial charge is 0.468 e. The Labute approximate surface area is 133 Å². The number of para-hydroxylation sites is 1. The van der Waals surface area contributed by atoms with E-state index in [1.807, 2.05) is 19.9 Å². The van der Waals surface area contributed by atoms with E-state index >= 15 is 0 Å². The zero-order valence-electron chi connectivity index (χ0n) is 13.0. The van der Waals surface area contributed by atoms with E-state index in [1.165, 1.54) is 12.0 Å². The first kappa shape index (κ1) is 16.4. The Kier molecular flexibility index (Phi) is 4.76. The van der Waals surface area contributed by atoms with E-state index in [-0.39, 0.29) is 24.3 Å². The third-order valence-corrected chi connectivity index (χ3v) is 3.82. The maximum atomic E-state index is 12.7. The summed E-state index contributed by atoms with van der Waals surface area (Å²) in [7, 11) is 1.29. The standard InChI is InChI=1S/C16H18ClNO4/c1-9(2)18(8-13(19)21-4)16(20)14-10(3)11-6-5-7-12(17)15(11)22-14/h5-7,9H,8H2,1-4H3. The molecule has 6 heteroatoms. The molecule has 0 fully saturated rings. The Morgan fingerprint density at radius 1 is 1.36 bits per heavy atom. The van der Waals surface area contributed by atoms with Crippen molar-refractivity contribution in [2.24, 2.45) is 0 Å². The molecule has 0 unspecified atom stereocenters. The summed E-state index contributed by atoms with van der Waals surface area (Å²) in [5, 5.41) is 1.24. The van der Waals surface area contributed by atoms with Crippen LogP contribution in [0.5, 0.6) is 0 Å². The Bertz CT molecular complexity index is 720. The molecule has 0 bridgehead atoms. The van der Waals surface area contributed by atoms with Gasteiger partial charge in [0, 0.05) is 17.0 Å². The number of methoxy groups -OCH3 is 1. The fraction of sp³-hybridized carbons (Fsp3) is 0.375. The molecule has 1 aromatic carbocycles. The number of esters is 1. The molecule has 0 saturated heterocycles. The van der Waals surface area contributed by atoms with Crippen molar-refractivity contribution in [3.63, 3.8) is 0 Å². The highest BCUT2D eigenvalue weighted by atomic mass is 35.5. The molecule has 0 aliphatic heterocycles. The van der Waals surface area contributed by atoms with Crippen LogP contribution >= 0.6 is 11.6 Å². The van der Waals surface area contributed by atoms with E-state index in [0.29, 0.717) is 16.2 Å². The van der Waals surface area contributed by atoms with Crippen LogP contribution in [0, 0.1) is 6.92 Å². The fourth-order valence-corrected chi connectivity index (χ4v) is 2.45. The highest BCUT2D eigenvalue weighted by Gasteiger charge is 2.27. The SMILES string of the molecule is COC(=O)CN(C(=O)c1oc2c(Cl)cccc2c1C)C(C)C. The van der Waals surface area contributed by atoms with Gasteiger partial charge in [-0.3, -0.25) is 9.59 Å². The Hall–Kier alpha value is -2.01. The predicted octanol–water partition coefficient (Wildman–Crippen LogP) is 3.42. The van der Waals surface area contributed by atoms with Gasteiger partial charge in [-0.05, 0) is 26.8 Å². The van der Waals surface area contributed by atoms with Gasteiger partial charge >= 0.3 is 5.97 Å². The van der Waals surface area contributed by atoms with Crippen LogP contribution in [0.15, 0.2) is 22.6 Å². The summed E-state index contributed by atoms with van der Waals surface area (Å²) in [5.41, 5.74) is 1.19. The van der Waals surface area contributed by atoms with Crippen LogP contribution in [-0.2, 0) is 9.53 Å². The van der Waals surface area contributed by atoms with Crippen LogP contribution in [0.4, 0.5) is 0 Å². The van der Waals surface area contributed by atoms with Crippen LogP contribution < -0.4 is 0 Å². The van der Waals surface area contributed by atoms with Gasteiger partial charge in [0.05, 0.1) is 12.1 Å². The molecule has 2 aromatic rings. The number of ether oxygens (including phenoxy) is 1. The topological polar surface area (TPSA) is 59.8 Å². The number of nitrogens with zero attached hydrogens (tertiary/aromatic N) is 1. The minimum Gasteiger partial charge on any atom is -0.468 e. The van der Waals surface area contributed by atoms with Crippen LogP contribution in [0.25, 0.3) is 11.0 Å². The average molecular weight is 324 g/mol. The molecular weight excluding hydrogens is 306 g/mol. The minimum absolute atomic E-state index is 0.128. The van der Waals surface area contributed by atoms with Crippen LogP contribution in [0.2, 0.25) is 5.02 Å². The van der Waals surface area contributed by atoms with Crippen molar-refractivity contribution >= 4 is 34.4 Å². The van der Waals surface area contributed by atoms with E-state index in [9.17, 15) is 9.59 Å². The van der Waals surface area contributed by atoms with Gasteiger partial charge in [0.2, 0.25) is 0 Å². The lowest BCUT2D eigenvalue weighted by Crippen LogP contribution is -2.41. The van der Waals surface area contributed by atoms with E-state index in [0.717, 1.165) is 5.39 Å². The molecule has 0 spiro atoms. The molecule has 0 aliphatic carbocycles. The maximum absolute atomic E-state index is 12.7. The van der Waals surface area contributed by atoms with E-state index < -0.39 is 5.97 Å². The molecule has 1 heterocycles. The molecule has 0 N–H and O–H groups in total. The van der Waals surface area contributed by atoms with Crippen LogP contribution in [0.3, 0.4) is 0 Å². The molecule has 0 aliphatic rings. The molecular formula is C16H18ClNO4.